The number of nitrogens with zero attached hydrogens (tertiary/aromatic N) is 2. The molecule has 0 saturated carbocycles. The molecular weight excluding hydrogens is 346 g/mol. The lowest BCUT2D eigenvalue weighted by Crippen LogP contribution is -2.47. The predicted octanol–water partition coefficient (Wildman–Crippen LogP) is 4.46. The molecule has 1 aromatic heterocycles. The second-order valence-electron chi connectivity index (χ2n) is 6.42. The SMILES string of the molecule is O=C(NCc1ccccc1)N1CCn2cccc2C1c1ccc(Cl)cc1. The van der Waals surface area contributed by atoms with Crippen LogP contribution in [-0.4, -0.2) is 22.0 Å². The molecule has 26 heavy (non-hydrogen) atoms. The summed E-state index contributed by atoms with van der Waals surface area (Å²) in [4.78, 5) is 14.8. The third-order valence-electron chi connectivity index (χ3n) is 4.77. The van der Waals surface area contributed by atoms with Gasteiger partial charge in [-0.2, -0.15) is 0 Å². The quantitative estimate of drug-likeness (QED) is 0.731. The van der Waals surface area contributed by atoms with Crippen LogP contribution < -0.4 is 5.32 Å². The minimum absolute atomic E-state index is 0.0544. The van der Waals surface area contributed by atoms with Crippen LogP contribution in [0, 0.1) is 0 Å². The lowest BCUT2D eigenvalue weighted by atomic mass is 10.0. The van der Waals surface area contributed by atoms with Gasteiger partial charge >= 0.3 is 6.03 Å². The summed E-state index contributed by atoms with van der Waals surface area (Å²) in [6.45, 7) is 1.98. The maximum absolute atomic E-state index is 12.9. The van der Waals surface area contributed by atoms with E-state index in [9.17, 15) is 4.79 Å². The molecule has 1 aliphatic heterocycles. The van der Waals surface area contributed by atoms with Crippen LogP contribution in [-0.2, 0) is 13.1 Å². The number of carbonyl (C=O) groups excluding carboxylic acids is 1. The van der Waals surface area contributed by atoms with Crippen molar-refractivity contribution in [1.82, 2.24) is 14.8 Å². The maximum Gasteiger partial charge on any atom is 0.318 e. The molecule has 1 aliphatic rings. The molecule has 4 nitrogen and oxygen atoms in total. The summed E-state index contributed by atoms with van der Waals surface area (Å²) in [5.74, 6) is 0. The number of aromatic nitrogens is 1. The third kappa shape index (κ3) is 3.33. The fourth-order valence-electron chi connectivity index (χ4n) is 3.47. The zero-order valence-corrected chi connectivity index (χ0v) is 15.1. The van der Waals surface area contributed by atoms with E-state index in [1.807, 2.05) is 65.6 Å². The number of benzene rings is 2. The van der Waals surface area contributed by atoms with Gasteiger partial charge in [0.2, 0.25) is 0 Å². The van der Waals surface area contributed by atoms with Gasteiger partial charge in [-0.1, -0.05) is 54.1 Å². The van der Waals surface area contributed by atoms with E-state index >= 15 is 0 Å². The average molecular weight is 366 g/mol. The van der Waals surface area contributed by atoms with Crippen molar-refractivity contribution in [2.75, 3.05) is 6.54 Å². The molecule has 3 aromatic rings. The average Bonchev–Trinajstić information content (AvgIpc) is 3.16. The Labute approximate surface area is 158 Å². The van der Waals surface area contributed by atoms with E-state index in [0.29, 0.717) is 18.1 Å². The molecule has 0 radical (unpaired) electrons. The molecule has 2 heterocycles. The molecule has 1 unspecified atom stereocenters. The number of hydrogen-bond donors (Lipinski definition) is 1. The number of halogens is 1. The van der Waals surface area contributed by atoms with Crippen molar-refractivity contribution in [1.29, 1.82) is 0 Å². The smallest absolute Gasteiger partial charge is 0.318 e. The van der Waals surface area contributed by atoms with Crippen molar-refractivity contribution in [3.8, 4) is 0 Å². The summed E-state index contributed by atoms with van der Waals surface area (Å²) in [6.07, 6.45) is 2.07. The Balaban J connectivity index is 1.59. The lowest BCUT2D eigenvalue weighted by molar-refractivity contribution is 0.168. The van der Waals surface area contributed by atoms with Gasteiger partial charge in [0.25, 0.3) is 0 Å². The summed E-state index contributed by atoms with van der Waals surface area (Å²) < 4.78 is 2.21. The van der Waals surface area contributed by atoms with Gasteiger partial charge in [0.15, 0.2) is 0 Å². The molecule has 1 N–H and O–H groups in total. The molecule has 0 bridgehead atoms. The summed E-state index contributed by atoms with van der Waals surface area (Å²) in [5.41, 5.74) is 3.27. The van der Waals surface area contributed by atoms with Gasteiger partial charge < -0.3 is 14.8 Å². The maximum atomic E-state index is 12.9. The molecule has 2 aromatic carbocycles. The molecule has 132 valence electrons. The van der Waals surface area contributed by atoms with Gasteiger partial charge in [0.05, 0.1) is 6.04 Å². The van der Waals surface area contributed by atoms with Crippen molar-refractivity contribution < 1.29 is 4.79 Å². The van der Waals surface area contributed by atoms with Gasteiger partial charge in [0.1, 0.15) is 0 Å². The van der Waals surface area contributed by atoms with Crippen LogP contribution in [0.4, 0.5) is 4.79 Å². The number of fused-ring (bicyclic) bond motifs is 1. The van der Waals surface area contributed by atoms with Crippen LogP contribution in [0.3, 0.4) is 0 Å². The Morgan fingerprint density at radius 2 is 1.77 bits per heavy atom. The zero-order valence-electron chi connectivity index (χ0n) is 14.3. The van der Waals surface area contributed by atoms with E-state index in [0.717, 1.165) is 23.4 Å². The number of urea groups is 1. The molecule has 5 heteroatoms. The van der Waals surface area contributed by atoms with Gasteiger partial charge in [-0.25, -0.2) is 4.79 Å². The number of hydrogen-bond acceptors (Lipinski definition) is 1. The topological polar surface area (TPSA) is 37.3 Å². The van der Waals surface area contributed by atoms with Crippen LogP contribution in [0.2, 0.25) is 5.02 Å². The van der Waals surface area contributed by atoms with Crippen LogP contribution >= 0.6 is 11.6 Å². The van der Waals surface area contributed by atoms with E-state index in [4.69, 9.17) is 11.6 Å². The number of nitrogens with one attached hydrogen (secondary N) is 1. The van der Waals surface area contributed by atoms with Crippen molar-refractivity contribution in [3.63, 3.8) is 0 Å². The largest absolute Gasteiger partial charge is 0.348 e. The van der Waals surface area contributed by atoms with Crippen LogP contribution in [0.5, 0.6) is 0 Å². The molecule has 0 spiro atoms. The summed E-state index contributed by atoms with van der Waals surface area (Å²) >= 11 is 6.05. The number of carbonyl (C=O) groups is 1. The van der Waals surface area contributed by atoms with Crippen molar-refractivity contribution >= 4 is 17.6 Å². The predicted molar refractivity (Wildman–Crippen MR) is 103 cm³/mol. The highest BCUT2D eigenvalue weighted by Gasteiger charge is 2.31. The van der Waals surface area contributed by atoms with Crippen molar-refractivity contribution in [2.45, 2.75) is 19.1 Å². The zero-order chi connectivity index (χ0) is 17.9. The van der Waals surface area contributed by atoms with E-state index in [1.54, 1.807) is 0 Å². The molecule has 2 amide bonds. The summed E-state index contributed by atoms with van der Waals surface area (Å²) in [5, 5.41) is 3.75. The number of rotatable bonds is 3. The van der Waals surface area contributed by atoms with Crippen molar-refractivity contribution in [2.24, 2.45) is 0 Å². The fraction of sp³-hybridized carbons (Fsp3) is 0.190. The van der Waals surface area contributed by atoms with E-state index < -0.39 is 0 Å². The monoisotopic (exact) mass is 365 g/mol. The van der Waals surface area contributed by atoms with Crippen LogP contribution in [0.15, 0.2) is 72.9 Å². The van der Waals surface area contributed by atoms with Crippen LogP contribution in [0.1, 0.15) is 22.9 Å². The summed E-state index contributed by atoms with van der Waals surface area (Å²) in [7, 11) is 0. The Kier molecular flexibility index (Phi) is 4.67. The first-order valence-corrected chi connectivity index (χ1v) is 9.09. The second kappa shape index (κ2) is 7.26. The molecule has 0 fully saturated rings. The normalized spacial score (nSPS) is 16.2. The molecule has 4 rings (SSSR count). The number of amides is 2. The highest BCUT2D eigenvalue weighted by atomic mass is 35.5. The van der Waals surface area contributed by atoms with Gasteiger partial charge in [-0.15, -0.1) is 0 Å². The standard InChI is InChI=1S/C21H20ClN3O/c22-18-10-8-17(9-11-18)20-19-7-4-12-24(19)13-14-25(20)21(26)23-15-16-5-2-1-3-6-16/h1-12,20H,13-15H2,(H,23,26). The Morgan fingerprint density at radius 1 is 1.00 bits per heavy atom. The lowest BCUT2D eigenvalue weighted by Gasteiger charge is -2.37. The minimum Gasteiger partial charge on any atom is -0.348 e. The Hall–Kier alpha value is -2.72. The highest BCUT2D eigenvalue weighted by molar-refractivity contribution is 6.30. The first kappa shape index (κ1) is 16.7. The van der Waals surface area contributed by atoms with Gasteiger partial charge in [-0.3, -0.25) is 0 Å². The van der Waals surface area contributed by atoms with E-state index in [2.05, 4.69) is 22.1 Å². The van der Waals surface area contributed by atoms with Gasteiger partial charge in [0, 0.05) is 36.5 Å². The Bertz CT molecular complexity index is 889. The molecule has 0 saturated heterocycles. The van der Waals surface area contributed by atoms with E-state index in [-0.39, 0.29) is 12.1 Å². The third-order valence-corrected chi connectivity index (χ3v) is 5.02. The Morgan fingerprint density at radius 3 is 2.54 bits per heavy atom. The van der Waals surface area contributed by atoms with Gasteiger partial charge in [-0.05, 0) is 35.4 Å². The summed E-state index contributed by atoms with van der Waals surface area (Å²) in [6, 6.07) is 21.6. The molecular formula is C21H20ClN3O. The highest BCUT2D eigenvalue weighted by Crippen LogP contribution is 2.33. The molecule has 1 atom stereocenters. The first-order valence-electron chi connectivity index (χ1n) is 8.71. The fourth-order valence-corrected chi connectivity index (χ4v) is 3.60. The van der Waals surface area contributed by atoms with E-state index in [1.165, 1.54) is 0 Å². The first-order chi connectivity index (χ1) is 12.7. The second-order valence-corrected chi connectivity index (χ2v) is 6.85. The molecule has 0 aliphatic carbocycles. The minimum atomic E-state index is -0.119. The van der Waals surface area contributed by atoms with Crippen LogP contribution in [0.25, 0.3) is 0 Å². The van der Waals surface area contributed by atoms with Crippen molar-refractivity contribution in [3.05, 3.63) is 94.8 Å².